The summed E-state index contributed by atoms with van der Waals surface area (Å²) >= 11 is 0. The summed E-state index contributed by atoms with van der Waals surface area (Å²) in [5.74, 6) is 0.925. The van der Waals surface area contributed by atoms with Crippen molar-refractivity contribution in [3.8, 4) is 11.4 Å². The van der Waals surface area contributed by atoms with Crippen molar-refractivity contribution in [2.45, 2.75) is 19.9 Å². The van der Waals surface area contributed by atoms with Crippen LogP contribution in [0.2, 0.25) is 0 Å². The first-order valence-electron chi connectivity index (χ1n) is 6.59. The summed E-state index contributed by atoms with van der Waals surface area (Å²) in [6.07, 6.45) is 9.60. The first kappa shape index (κ1) is 12.6. The molecule has 0 aliphatic carbocycles. The van der Waals surface area contributed by atoms with E-state index in [1.54, 1.807) is 0 Å². The fourth-order valence-electron chi connectivity index (χ4n) is 2.27. The maximum Gasteiger partial charge on any atom is 0.142 e. The molecule has 0 aliphatic rings. The zero-order valence-electron chi connectivity index (χ0n) is 11.9. The Bertz CT molecular complexity index is 708. The van der Waals surface area contributed by atoms with Gasteiger partial charge in [-0.25, -0.2) is 4.98 Å². The number of aryl methyl sites for hydroxylation is 2. The van der Waals surface area contributed by atoms with Gasteiger partial charge in [-0.3, -0.25) is 9.67 Å². The molecule has 3 aromatic heterocycles. The van der Waals surface area contributed by atoms with Crippen LogP contribution in [0.3, 0.4) is 0 Å². The molecule has 0 amide bonds. The molecular weight excluding hydrogens is 250 g/mol. The van der Waals surface area contributed by atoms with E-state index in [9.17, 15) is 0 Å². The van der Waals surface area contributed by atoms with Gasteiger partial charge in [0.1, 0.15) is 5.82 Å². The molecule has 0 saturated carbocycles. The molecule has 3 rings (SSSR count). The predicted octanol–water partition coefficient (Wildman–Crippen LogP) is 2.60. The van der Waals surface area contributed by atoms with Gasteiger partial charge in [0.25, 0.3) is 0 Å². The van der Waals surface area contributed by atoms with Crippen molar-refractivity contribution in [3.05, 3.63) is 54.4 Å². The molecule has 3 aromatic rings. The topological polar surface area (TPSA) is 48.5 Å². The lowest BCUT2D eigenvalue weighted by Gasteiger charge is -2.15. The molecule has 0 radical (unpaired) electrons. The Balaban J connectivity index is 1.99. The Labute approximate surface area is 117 Å². The molecule has 1 unspecified atom stereocenters. The number of aromatic nitrogens is 5. The molecule has 20 heavy (non-hydrogen) atoms. The molecule has 5 nitrogen and oxygen atoms in total. The van der Waals surface area contributed by atoms with Crippen LogP contribution in [0.1, 0.15) is 24.2 Å². The van der Waals surface area contributed by atoms with Crippen molar-refractivity contribution >= 4 is 0 Å². The monoisotopic (exact) mass is 267 g/mol. The standard InChI is InChI=1S/C15H17N5/c1-11-4-5-13(8-17-11)15-16-6-7-20(15)12(2)14-9-18-19(3)10-14/h4-10,12H,1-3H3. The summed E-state index contributed by atoms with van der Waals surface area (Å²) in [6, 6.07) is 4.24. The van der Waals surface area contributed by atoms with Gasteiger partial charge in [-0.15, -0.1) is 0 Å². The highest BCUT2D eigenvalue weighted by Crippen LogP contribution is 2.24. The van der Waals surface area contributed by atoms with Crippen molar-refractivity contribution in [2.75, 3.05) is 0 Å². The van der Waals surface area contributed by atoms with Crippen LogP contribution in [0.25, 0.3) is 11.4 Å². The zero-order chi connectivity index (χ0) is 14.1. The summed E-state index contributed by atoms with van der Waals surface area (Å²) in [4.78, 5) is 8.81. The average Bonchev–Trinajstić information content (AvgIpc) is 3.07. The van der Waals surface area contributed by atoms with Gasteiger partial charge in [-0.05, 0) is 26.0 Å². The Morgan fingerprint density at radius 2 is 2.00 bits per heavy atom. The Kier molecular flexibility index (Phi) is 3.10. The molecule has 0 aliphatic heterocycles. The average molecular weight is 267 g/mol. The van der Waals surface area contributed by atoms with E-state index in [-0.39, 0.29) is 6.04 Å². The first-order chi connectivity index (χ1) is 9.65. The minimum absolute atomic E-state index is 0.183. The molecule has 0 saturated heterocycles. The number of nitrogens with zero attached hydrogens (tertiary/aromatic N) is 5. The lowest BCUT2D eigenvalue weighted by atomic mass is 10.1. The quantitative estimate of drug-likeness (QED) is 0.733. The molecule has 1 atom stereocenters. The fourth-order valence-corrected chi connectivity index (χ4v) is 2.27. The van der Waals surface area contributed by atoms with Crippen LogP contribution in [-0.2, 0) is 7.05 Å². The van der Waals surface area contributed by atoms with E-state index in [0.29, 0.717) is 0 Å². The van der Waals surface area contributed by atoms with Crippen LogP contribution < -0.4 is 0 Å². The zero-order valence-corrected chi connectivity index (χ0v) is 11.9. The summed E-state index contributed by atoms with van der Waals surface area (Å²) in [5, 5.41) is 4.23. The normalized spacial score (nSPS) is 12.6. The Morgan fingerprint density at radius 1 is 1.15 bits per heavy atom. The van der Waals surface area contributed by atoms with E-state index in [0.717, 1.165) is 22.6 Å². The van der Waals surface area contributed by atoms with Gasteiger partial charge in [0.05, 0.1) is 12.2 Å². The second-order valence-electron chi connectivity index (χ2n) is 4.97. The fraction of sp³-hybridized carbons (Fsp3) is 0.267. The minimum Gasteiger partial charge on any atom is -0.324 e. The highest BCUT2D eigenvalue weighted by Gasteiger charge is 2.14. The molecule has 102 valence electrons. The molecule has 0 aromatic carbocycles. The summed E-state index contributed by atoms with van der Waals surface area (Å²) in [5.41, 5.74) is 3.19. The summed E-state index contributed by atoms with van der Waals surface area (Å²) in [7, 11) is 1.93. The molecule has 3 heterocycles. The van der Waals surface area contributed by atoms with Crippen LogP contribution in [0.5, 0.6) is 0 Å². The lowest BCUT2D eigenvalue weighted by Crippen LogP contribution is -2.07. The lowest BCUT2D eigenvalue weighted by molar-refractivity contribution is 0.644. The highest BCUT2D eigenvalue weighted by atomic mass is 15.2. The number of hydrogen-bond donors (Lipinski definition) is 0. The number of pyridine rings is 1. The van der Waals surface area contributed by atoms with Gasteiger partial charge in [0, 0.05) is 48.7 Å². The Hall–Kier alpha value is -2.43. The third kappa shape index (κ3) is 2.22. The Morgan fingerprint density at radius 3 is 2.65 bits per heavy atom. The van der Waals surface area contributed by atoms with Crippen LogP contribution >= 0.6 is 0 Å². The second-order valence-corrected chi connectivity index (χ2v) is 4.97. The van der Waals surface area contributed by atoms with Gasteiger partial charge < -0.3 is 4.57 Å². The van der Waals surface area contributed by atoms with E-state index in [1.807, 2.05) is 55.7 Å². The number of rotatable bonds is 3. The van der Waals surface area contributed by atoms with Crippen LogP contribution in [0.4, 0.5) is 0 Å². The van der Waals surface area contributed by atoms with Gasteiger partial charge in [0.15, 0.2) is 0 Å². The van der Waals surface area contributed by atoms with E-state index in [4.69, 9.17) is 0 Å². The van der Waals surface area contributed by atoms with Crippen molar-refractivity contribution in [1.29, 1.82) is 0 Å². The first-order valence-corrected chi connectivity index (χ1v) is 6.59. The number of imidazole rings is 1. The van der Waals surface area contributed by atoms with Gasteiger partial charge in [-0.2, -0.15) is 5.10 Å². The summed E-state index contributed by atoms with van der Waals surface area (Å²) in [6.45, 7) is 4.12. The van der Waals surface area contributed by atoms with Gasteiger partial charge in [0.2, 0.25) is 0 Å². The third-order valence-corrected chi connectivity index (χ3v) is 3.46. The molecular formula is C15H17N5. The van der Waals surface area contributed by atoms with E-state index in [1.165, 1.54) is 0 Å². The summed E-state index contributed by atoms with van der Waals surface area (Å²) < 4.78 is 3.96. The third-order valence-electron chi connectivity index (χ3n) is 3.46. The predicted molar refractivity (Wildman–Crippen MR) is 77.2 cm³/mol. The van der Waals surface area contributed by atoms with Crippen molar-refractivity contribution in [1.82, 2.24) is 24.3 Å². The molecule has 0 fully saturated rings. The van der Waals surface area contributed by atoms with E-state index in [2.05, 4.69) is 32.6 Å². The highest BCUT2D eigenvalue weighted by molar-refractivity contribution is 5.54. The maximum absolute atomic E-state index is 4.47. The van der Waals surface area contributed by atoms with Crippen LogP contribution in [-0.4, -0.2) is 24.3 Å². The molecule has 0 spiro atoms. The maximum atomic E-state index is 4.47. The minimum atomic E-state index is 0.183. The van der Waals surface area contributed by atoms with Crippen LogP contribution in [0.15, 0.2) is 43.1 Å². The van der Waals surface area contributed by atoms with Crippen molar-refractivity contribution in [2.24, 2.45) is 7.05 Å². The van der Waals surface area contributed by atoms with Crippen molar-refractivity contribution in [3.63, 3.8) is 0 Å². The van der Waals surface area contributed by atoms with E-state index >= 15 is 0 Å². The SMILES string of the molecule is Cc1ccc(-c2nccn2C(C)c2cnn(C)c2)cn1. The van der Waals surface area contributed by atoms with Gasteiger partial charge >= 0.3 is 0 Å². The smallest absolute Gasteiger partial charge is 0.142 e. The molecule has 5 heteroatoms. The van der Waals surface area contributed by atoms with E-state index < -0.39 is 0 Å². The van der Waals surface area contributed by atoms with Gasteiger partial charge in [-0.1, -0.05) is 0 Å². The second kappa shape index (κ2) is 4.92. The largest absolute Gasteiger partial charge is 0.324 e. The van der Waals surface area contributed by atoms with Crippen LogP contribution in [0, 0.1) is 6.92 Å². The molecule has 0 bridgehead atoms. The molecule has 0 N–H and O–H groups in total. The number of hydrogen-bond acceptors (Lipinski definition) is 3. The van der Waals surface area contributed by atoms with Crippen molar-refractivity contribution < 1.29 is 0 Å².